The number of rotatable bonds is 8. The Morgan fingerprint density at radius 1 is 1.15 bits per heavy atom. The molecule has 0 aliphatic heterocycles. The molecule has 2 nitrogen and oxygen atoms in total. The van der Waals surface area contributed by atoms with E-state index in [2.05, 4.69) is 30.4 Å². The highest BCUT2D eigenvalue weighted by atomic mass is 35.5. The highest BCUT2D eigenvalue weighted by Gasteiger charge is 2.07. The van der Waals surface area contributed by atoms with Crippen LogP contribution in [0.2, 0.25) is 0 Å². The van der Waals surface area contributed by atoms with Crippen molar-refractivity contribution in [3.63, 3.8) is 0 Å². The monoisotopic (exact) mass is 291 g/mol. The average molecular weight is 292 g/mol. The summed E-state index contributed by atoms with van der Waals surface area (Å²) >= 11 is 6.27. The summed E-state index contributed by atoms with van der Waals surface area (Å²) in [5.41, 5.74) is 0. The third-order valence-electron chi connectivity index (χ3n) is 3.24. The van der Waals surface area contributed by atoms with Gasteiger partial charge in [0.15, 0.2) is 0 Å². The van der Waals surface area contributed by atoms with E-state index in [0.29, 0.717) is 6.61 Å². The number of benzene rings is 2. The van der Waals surface area contributed by atoms with E-state index in [1.165, 1.54) is 18.2 Å². The number of alkyl halides is 1. The van der Waals surface area contributed by atoms with Crippen molar-refractivity contribution in [2.75, 3.05) is 19.7 Å². The Morgan fingerprint density at radius 3 is 2.80 bits per heavy atom. The second-order valence-electron chi connectivity index (χ2n) is 4.94. The zero-order chi connectivity index (χ0) is 14.2. The van der Waals surface area contributed by atoms with Crippen LogP contribution in [0, 0.1) is 0 Å². The van der Waals surface area contributed by atoms with Gasteiger partial charge in [-0.15, -0.1) is 11.6 Å². The molecule has 108 valence electrons. The molecule has 0 fully saturated rings. The molecule has 20 heavy (non-hydrogen) atoms. The van der Waals surface area contributed by atoms with E-state index in [1.54, 1.807) is 0 Å². The van der Waals surface area contributed by atoms with E-state index in [9.17, 15) is 0 Å². The Balaban J connectivity index is 1.86. The Hall–Kier alpha value is -1.25. The SMILES string of the molecule is CCCCNCC(Cl)COc1cccc2ccccc12. The normalized spacial score (nSPS) is 12.5. The molecule has 0 aliphatic carbocycles. The summed E-state index contributed by atoms with van der Waals surface area (Å²) in [6, 6.07) is 14.3. The minimum Gasteiger partial charge on any atom is -0.491 e. The van der Waals surface area contributed by atoms with Gasteiger partial charge in [0.25, 0.3) is 0 Å². The predicted octanol–water partition coefficient (Wildman–Crippen LogP) is 4.22. The van der Waals surface area contributed by atoms with Crippen LogP contribution in [-0.4, -0.2) is 25.1 Å². The number of ether oxygens (including phenoxy) is 1. The second-order valence-corrected chi connectivity index (χ2v) is 5.56. The molecule has 2 rings (SSSR count). The van der Waals surface area contributed by atoms with E-state index in [-0.39, 0.29) is 5.38 Å². The van der Waals surface area contributed by atoms with Gasteiger partial charge in [-0.1, -0.05) is 49.7 Å². The van der Waals surface area contributed by atoms with E-state index < -0.39 is 0 Å². The standard InChI is InChI=1S/C17H22ClNO/c1-2-3-11-19-12-15(18)13-20-17-10-6-8-14-7-4-5-9-16(14)17/h4-10,15,19H,2-3,11-13H2,1H3. The summed E-state index contributed by atoms with van der Waals surface area (Å²) in [5, 5.41) is 5.67. The van der Waals surface area contributed by atoms with Gasteiger partial charge in [0.05, 0.1) is 5.38 Å². The first-order chi connectivity index (χ1) is 9.81. The molecule has 0 aromatic heterocycles. The van der Waals surface area contributed by atoms with Gasteiger partial charge >= 0.3 is 0 Å². The van der Waals surface area contributed by atoms with Gasteiger partial charge in [0.2, 0.25) is 0 Å². The number of hydrogen-bond donors (Lipinski definition) is 1. The smallest absolute Gasteiger partial charge is 0.127 e. The fraction of sp³-hybridized carbons (Fsp3) is 0.412. The molecule has 0 spiro atoms. The molecule has 0 radical (unpaired) electrons. The first-order valence-electron chi connectivity index (χ1n) is 7.26. The molecule has 1 N–H and O–H groups in total. The lowest BCUT2D eigenvalue weighted by atomic mass is 10.1. The van der Waals surface area contributed by atoms with Crippen LogP contribution in [0.25, 0.3) is 10.8 Å². The van der Waals surface area contributed by atoms with Gasteiger partial charge in [-0.05, 0) is 24.4 Å². The Bertz CT molecular complexity index is 524. The van der Waals surface area contributed by atoms with Crippen LogP contribution in [0.4, 0.5) is 0 Å². The molecule has 1 unspecified atom stereocenters. The third kappa shape index (κ3) is 4.39. The first-order valence-corrected chi connectivity index (χ1v) is 7.70. The third-order valence-corrected chi connectivity index (χ3v) is 3.52. The van der Waals surface area contributed by atoms with Gasteiger partial charge in [-0.25, -0.2) is 0 Å². The maximum atomic E-state index is 6.27. The lowest BCUT2D eigenvalue weighted by Crippen LogP contribution is -2.28. The molecule has 2 aromatic rings. The lowest BCUT2D eigenvalue weighted by Gasteiger charge is -2.13. The summed E-state index contributed by atoms with van der Waals surface area (Å²) < 4.78 is 5.87. The Kier molecular flexibility index (Phi) is 6.16. The van der Waals surface area contributed by atoms with Crippen molar-refractivity contribution in [3.05, 3.63) is 42.5 Å². The maximum absolute atomic E-state index is 6.27. The quantitative estimate of drug-likeness (QED) is 0.581. The van der Waals surface area contributed by atoms with E-state index in [0.717, 1.165) is 24.2 Å². The maximum Gasteiger partial charge on any atom is 0.127 e. The predicted molar refractivity (Wildman–Crippen MR) is 86.9 cm³/mol. The van der Waals surface area contributed by atoms with E-state index >= 15 is 0 Å². The van der Waals surface area contributed by atoms with Crippen LogP contribution in [0.1, 0.15) is 19.8 Å². The topological polar surface area (TPSA) is 21.3 Å². The fourth-order valence-corrected chi connectivity index (χ4v) is 2.29. The van der Waals surface area contributed by atoms with Crippen molar-refractivity contribution in [2.24, 2.45) is 0 Å². The van der Waals surface area contributed by atoms with Crippen LogP contribution in [0.15, 0.2) is 42.5 Å². The molecule has 2 aromatic carbocycles. The van der Waals surface area contributed by atoms with E-state index in [1.807, 2.05) is 24.3 Å². The van der Waals surface area contributed by atoms with Gasteiger partial charge < -0.3 is 10.1 Å². The average Bonchev–Trinajstić information content (AvgIpc) is 2.49. The molecular formula is C17H22ClNO. The van der Waals surface area contributed by atoms with Crippen LogP contribution >= 0.6 is 11.6 Å². The Labute approximate surface area is 126 Å². The highest BCUT2D eigenvalue weighted by molar-refractivity contribution is 6.20. The molecule has 3 heteroatoms. The zero-order valence-electron chi connectivity index (χ0n) is 11.9. The Morgan fingerprint density at radius 2 is 1.95 bits per heavy atom. The van der Waals surface area contributed by atoms with Gasteiger partial charge in [-0.3, -0.25) is 0 Å². The van der Waals surface area contributed by atoms with Crippen molar-refractivity contribution < 1.29 is 4.74 Å². The summed E-state index contributed by atoms with van der Waals surface area (Å²) in [5.74, 6) is 0.905. The van der Waals surface area contributed by atoms with Crippen LogP contribution < -0.4 is 10.1 Å². The van der Waals surface area contributed by atoms with Crippen molar-refractivity contribution in [2.45, 2.75) is 25.1 Å². The van der Waals surface area contributed by atoms with Crippen LogP contribution in [0.3, 0.4) is 0 Å². The van der Waals surface area contributed by atoms with Crippen molar-refractivity contribution in [1.29, 1.82) is 0 Å². The van der Waals surface area contributed by atoms with Crippen LogP contribution in [-0.2, 0) is 0 Å². The minimum atomic E-state index is -0.00850. The molecule has 0 aliphatic rings. The van der Waals surface area contributed by atoms with Crippen LogP contribution in [0.5, 0.6) is 5.75 Å². The summed E-state index contributed by atoms with van der Waals surface area (Å²) in [6.07, 6.45) is 2.39. The highest BCUT2D eigenvalue weighted by Crippen LogP contribution is 2.25. The second kappa shape index (κ2) is 8.13. The summed E-state index contributed by atoms with van der Waals surface area (Å²) in [6.45, 7) is 4.51. The van der Waals surface area contributed by atoms with E-state index in [4.69, 9.17) is 16.3 Å². The largest absolute Gasteiger partial charge is 0.491 e. The van der Waals surface area contributed by atoms with Gasteiger partial charge in [0.1, 0.15) is 12.4 Å². The molecule has 0 saturated carbocycles. The summed E-state index contributed by atoms with van der Waals surface area (Å²) in [7, 11) is 0. The zero-order valence-corrected chi connectivity index (χ0v) is 12.7. The minimum absolute atomic E-state index is 0.00850. The van der Waals surface area contributed by atoms with Crippen molar-refractivity contribution in [3.8, 4) is 5.75 Å². The number of fused-ring (bicyclic) bond motifs is 1. The molecule has 0 bridgehead atoms. The van der Waals surface area contributed by atoms with Gasteiger partial charge in [-0.2, -0.15) is 0 Å². The fourth-order valence-electron chi connectivity index (χ4n) is 2.12. The van der Waals surface area contributed by atoms with Gasteiger partial charge in [0, 0.05) is 11.9 Å². The molecule has 0 heterocycles. The number of unbranched alkanes of at least 4 members (excludes halogenated alkanes) is 1. The lowest BCUT2D eigenvalue weighted by molar-refractivity contribution is 0.315. The molecule has 0 amide bonds. The number of nitrogens with one attached hydrogen (secondary N) is 1. The van der Waals surface area contributed by atoms with Crippen molar-refractivity contribution in [1.82, 2.24) is 5.32 Å². The van der Waals surface area contributed by atoms with Crippen molar-refractivity contribution >= 4 is 22.4 Å². The molecular weight excluding hydrogens is 270 g/mol. The molecule has 0 saturated heterocycles. The number of hydrogen-bond acceptors (Lipinski definition) is 2. The first kappa shape index (κ1) is 15.1. The molecule has 1 atom stereocenters. The summed E-state index contributed by atoms with van der Waals surface area (Å²) in [4.78, 5) is 0. The number of halogens is 1.